The maximum atomic E-state index is 12.0. The van der Waals surface area contributed by atoms with Crippen LogP contribution in [0.2, 0.25) is 0 Å². The molecule has 0 radical (unpaired) electrons. The van der Waals surface area contributed by atoms with Crippen LogP contribution in [0.1, 0.15) is 69.8 Å². The first-order valence-corrected chi connectivity index (χ1v) is 13.6. The third kappa shape index (κ3) is 7.28. The van der Waals surface area contributed by atoms with Crippen molar-refractivity contribution in [2.75, 3.05) is 20.8 Å². The number of carbonyl (C=O) groups excluding carboxylic acids is 1. The Labute approximate surface area is 227 Å². The Bertz CT molecular complexity index is 1040. The molecule has 1 saturated heterocycles. The van der Waals surface area contributed by atoms with E-state index in [4.69, 9.17) is 23.7 Å². The van der Waals surface area contributed by atoms with Crippen LogP contribution >= 0.6 is 0 Å². The Morgan fingerprint density at radius 1 is 1.05 bits per heavy atom. The maximum Gasteiger partial charge on any atom is 0.308 e. The van der Waals surface area contributed by atoms with E-state index in [-0.39, 0.29) is 17.9 Å². The van der Waals surface area contributed by atoms with E-state index < -0.39 is 18.2 Å². The second kappa shape index (κ2) is 14.0. The number of aliphatic hydroxyl groups excluding tert-OH is 1. The summed E-state index contributed by atoms with van der Waals surface area (Å²) in [5, 5.41) is 11.2. The van der Waals surface area contributed by atoms with Crippen molar-refractivity contribution < 1.29 is 33.6 Å². The molecule has 0 spiro atoms. The minimum absolute atomic E-state index is 0.0332. The lowest BCUT2D eigenvalue weighted by atomic mass is 9.78. The number of ether oxygens (including phenoxy) is 5. The fourth-order valence-electron chi connectivity index (χ4n) is 5.29. The number of carbonyl (C=O) groups is 1. The highest BCUT2D eigenvalue weighted by atomic mass is 16.6. The Balaban J connectivity index is 1.71. The molecule has 0 saturated carbocycles. The number of aliphatic hydroxyl groups is 1. The van der Waals surface area contributed by atoms with Crippen molar-refractivity contribution in [3.63, 3.8) is 0 Å². The van der Waals surface area contributed by atoms with Crippen molar-refractivity contribution in [1.82, 2.24) is 0 Å². The van der Waals surface area contributed by atoms with E-state index in [2.05, 4.69) is 19.1 Å². The molecule has 1 N–H and O–H groups in total. The number of benzene rings is 2. The molecule has 1 aliphatic heterocycles. The maximum absolute atomic E-state index is 12.0. The van der Waals surface area contributed by atoms with Crippen molar-refractivity contribution >= 4 is 5.97 Å². The number of hydrogen-bond donors (Lipinski definition) is 1. The van der Waals surface area contributed by atoms with E-state index >= 15 is 0 Å². The number of methoxy groups -OCH3 is 2. The van der Waals surface area contributed by atoms with E-state index in [0.29, 0.717) is 41.9 Å². The fourth-order valence-corrected chi connectivity index (χ4v) is 5.29. The van der Waals surface area contributed by atoms with Crippen LogP contribution in [0, 0.1) is 24.7 Å². The summed E-state index contributed by atoms with van der Waals surface area (Å²) in [5.41, 5.74) is 2.55. The molecule has 0 bridgehead atoms. The van der Waals surface area contributed by atoms with Crippen LogP contribution in [-0.2, 0) is 20.9 Å². The zero-order chi connectivity index (χ0) is 27.8. The van der Waals surface area contributed by atoms with Crippen LogP contribution in [-0.4, -0.2) is 44.1 Å². The van der Waals surface area contributed by atoms with Gasteiger partial charge < -0.3 is 28.8 Å². The van der Waals surface area contributed by atoms with Crippen LogP contribution in [0.15, 0.2) is 36.4 Å². The third-order valence-electron chi connectivity index (χ3n) is 7.71. The van der Waals surface area contributed by atoms with Gasteiger partial charge in [0.15, 0.2) is 11.5 Å². The van der Waals surface area contributed by atoms with Crippen molar-refractivity contribution in [3.8, 4) is 17.2 Å². The van der Waals surface area contributed by atoms with Gasteiger partial charge in [-0.15, -0.1) is 0 Å². The predicted octanol–water partition coefficient (Wildman–Crippen LogP) is 6.03. The minimum Gasteiger partial charge on any atom is -0.496 e. The van der Waals surface area contributed by atoms with Gasteiger partial charge in [0, 0.05) is 36.5 Å². The van der Waals surface area contributed by atoms with Crippen molar-refractivity contribution in [1.29, 1.82) is 0 Å². The summed E-state index contributed by atoms with van der Waals surface area (Å²) in [4.78, 5) is 12.0. The third-order valence-corrected chi connectivity index (χ3v) is 7.71. The summed E-state index contributed by atoms with van der Waals surface area (Å²) in [7, 11) is 3.13. The molecule has 2 aromatic rings. The summed E-state index contributed by atoms with van der Waals surface area (Å²) in [5.74, 6) is 1.10. The molecule has 3 rings (SSSR count). The zero-order valence-electron chi connectivity index (χ0n) is 23.9. The van der Waals surface area contributed by atoms with E-state index in [1.807, 2.05) is 45.0 Å². The van der Waals surface area contributed by atoms with Crippen LogP contribution in [0.4, 0.5) is 0 Å². The van der Waals surface area contributed by atoms with E-state index in [0.717, 1.165) is 24.8 Å². The molecule has 0 unspecified atom stereocenters. The van der Waals surface area contributed by atoms with Crippen molar-refractivity contribution in [3.05, 3.63) is 53.1 Å². The largest absolute Gasteiger partial charge is 0.496 e. The van der Waals surface area contributed by atoms with Gasteiger partial charge in [0.1, 0.15) is 5.75 Å². The highest BCUT2D eigenvalue weighted by Crippen LogP contribution is 2.49. The molecule has 1 heterocycles. The standard InChI is InChI=1S/C31H44O7/c1-19(15-16-36-18-24-11-9-8-10-12-24)13-14-26-20(2)28(33)22(4)29(38-26)25-17-27(34-6)21(3)30(35-7)31(25)37-23(5)32/h8-12,17,19-20,22,26,28-29,33H,13-16,18H2,1-7H3/t19-,20-,22+,26+,28-,29+/m0/s1. The molecule has 210 valence electrons. The molecule has 7 nitrogen and oxygen atoms in total. The number of esters is 1. The monoisotopic (exact) mass is 528 g/mol. The van der Waals surface area contributed by atoms with Gasteiger partial charge in [0.2, 0.25) is 0 Å². The molecule has 38 heavy (non-hydrogen) atoms. The highest BCUT2D eigenvalue weighted by molar-refractivity contribution is 5.73. The number of rotatable bonds is 12. The van der Waals surface area contributed by atoms with E-state index in [1.54, 1.807) is 7.11 Å². The van der Waals surface area contributed by atoms with Crippen molar-refractivity contribution in [2.24, 2.45) is 17.8 Å². The second-order valence-electron chi connectivity index (χ2n) is 10.6. The Morgan fingerprint density at radius 3 is 2.39 bits per heavy atom. The number of hydrogen-bond acceptors (Lipinski definition) is 7. The van der Waals surface area contributed by atoms with Gasteiger partial charge in [-0.2, -0.15) is 0 Å². The van der Waals surface area contributed by atoms with Crippen LogP contribution < -0.4 is 14.2 Å². The predicted molar refractivity (Wildman–Crippen MR) is 147 cm³/mol. The minimum atomic E-state index is -0.577. The van der Waals surface area contributed by atoms with Crippen molar-refractivity contribution in [2.45, 2.75) is 78.8 Å². The summed E-state index contributed by atoms with van der Waals surface area (Å²) < 4.78 is 29.4. The summed E-state index contributed by atoms with van der Waals surface area (Å²) in [6.07, 6.45) is 1.50. The summed E-state index contributed by atoms with van der Waals surface area (Å²) in [6, 6.07) is 12.0. The van der Waals surface area contributed by atoms with Gasteiger partial charge >= 0.3 is 5.97 Å². The topological polar surface area (TPSA) is 83.5 Å². The summed E-state index contributed by atoms with van der Waals surface area (Å²) in [6.45, 7) is 10.8. The first-order chi connectivity index (χ1) is 18.2. The lowest BCUT2D eigenvalue weighted by molar-refractivity contribution is -0.169. The van der Waals surface area contributed by atoms with E-state index in [1.165, 1.54) is 19.6 Å². The first-order valence-electron chi connectivity index (χ1n) is 13.6. The molecule has 0 aromatic heterocycles. The highest BCUT2D eigenvalue weighted by Gasteiger charge is 2.43. The van der Waals surface area contributed by atoms with E-state index in [9.17, 15) is 9.90 Å². The molecule has 2 aromatic carbocycles. The first kappa shape index (κ1) is 29.9. The Kier molecular flexibility index (Phi) is 11.0. The molecule has 0 aliphatic carbocycles. The quantitative estimate of drug-likeness (QED) is 0.204. The average molecular weight is 529 g/mol. The lowest BCUT2D eigenvalue weighted by Gasteiger charge is -2.43. The Hall–Kier alpha value is -2.61. The van der Waals surface area contributed by atoms with Gasteiger partial charge in [0.05, 0.1) is 39.1 Å². The van der Waals surface area contributed by atoms with Crippen LogP contribution in [0.25, 0.3) is 0 Å². The molecule has 1 fully saturated rings. The van der Waals surface area contributed by atoms with Crippen LogP contribution in [0.5, 0.6) is 17.2 Å². The van der Waals surface area contributed by atoms with Gasteiger partial charge in [-0.1, -0.05) is 51.1 Å². The average Bonchev–Trinajstić information content (AvgIpc) is 2.90. The second-order valence-corrected chi connectivity index (χ2v) is 10.6. The van der Waals surface area contributed by atoms with Gasteiger partial charge in [-0.25, -0.2) is 0 Å². The molecule has 0 amide bonds. The smallest absolute Gasteiger partial charge is 0.308 e. The summed E-state index contributed by atoms with van der Waals surface area (Å²) >= 11 is 0. The molecule has 6 atom stereocenters. The SMILES string of the molecule is COc1cc([C@@H]2O[C@H](CC[C@H](C)CCOCc3ccccc3)[C@H](C)[C@H](O)[C@H]2C)c(OC(C)=O)c(OC)c1C. The Morgan fingerprint density at radius 2 is 1.76 bits per heavy atom. The van der Waals surface area contributed by atoms with Gasteiger partial charge in [-0.3, -0.25) is 4.79 Å². The fraction of sp³-hybridized carbons (Fsp3) is 0.581. The lowest BCUT2D eigenvalue weighted by Crippen LogP contribution is -2.45. The molecule has 1 aliphatic rings. The zero-order valence-corrected chi connectivity index (χ0v) is 23.9. The molecular formula is C31H44O7. The molecule has 7 heteroatoms. The van der Waals surface area contributed by atoms with Gasteiger partial charge in [0.25, 0.3) is 0 Å². The molecular weight excluding hydrogens is 484 g/mol. The normalized spacial score (nSPS) is 24.1. The van der Waals surface area contributed by atoms with Crippen LogP contribution in [0.3, 0.4) is 0 Å². The van der Waals surface area contributed by atoms with Gasteiger partial charge in [-0.05, 0) is 43.7 Å².